The second kappa shape index (κ2) is 5.02. The Kier molecular flexibility index (Phi) is 3.96. The molecule has 1 aromatic rings. The van der Waals surface area contributed by atoms with Gasteiger partial charge in [-0.3, -0.25) is 4.90 Å². The molecule has 0 saturated carbocycles. The maximum Gasteiger partial charge on any atom is 0.109 e. The summed E-state index contributed by atoms with van der Waals surface area (Å²) < 4.78 is 2.20. The van der Waals surface area contributed by atoms with Crippen LogP contribution in [-0.2, 0) is 13.1 Å². The van der Waals surface area contributed by atoms with Crippen LogP contribution >= 0.6 is 0 Å². The second-order valence-corrected chi connectivity index (χ2v) is 3.64. The molecule has 0 spiro atoms. The normalized spacial score (nSPS) is 11.1. The number of aromatic nitrogens is 2. The summed E-state index contributed by atoms with van der Waals surface area (Å²) in [7, 11) is 4.15. The highest BCUT2D eigenvalue weighted by Crippen LogP contribution is 2.03. The fourth-order valence-electron chi connectivity index (χ4n) is 1.34. The quantitative estimate of drug-likeness (QED) is 0.690. The number of aryl methyl sites for hydroxylation is 1. The van der Waals surface area contributed by atoms with Crippen molar-refractivity contribution in [2.75, 3.05) is 14.1 Å². The molecule has 3 heteroatoms. The van der Waals surface area contributed by atoms with Crippen molar-refractivity contribution in [2.45, 2.75) is 32.9 Å². The zero-order valence-electron chi connectivity index (χ0n) is 8.82. The van der Waals surface area contributed by atoms with E-state index >= 15 is 0 Å². The van der Waals surface area contributed by atoms with Gasteiger partial charge in [-0.25, -0.2) is 4.98 Å². The van der Waals surface area contributed by atoms with Crippen molar-refractivity contribution in [1.29, 1.82) is 0 Å². The summed E-state index contributed by atoms with van der Waals surface area (Å²) in [5.41, 5.74) is 0. The summed E-state index contributed by atoms with van der Waals surface area (Å²) in [5.74, 6) is 1.20. The van der Waals surface area contributed by atoms with Crippen LogP contribution in [0.25, 0.3) is 0 Å². The Morgan fingerprint density at radius 3 is 2.85 bits per heavy atom. The Morgan fingerprint density at radius 2 is 2.23 bits per heavy atom. The predicted octanol–water partition coefficient (Wildman–Crippen LogP) is 1.74. The first-order valence-corrected chi connectivity index (χ1v) is 4.88. The van der Waals surface area contributed by atoms with Gasteiger partial charge in [0, 0.05) is 18.8 Å². The molecule has 0 fully saturated rings. The molecule has 0 aliphatic carbocycles. The first-order valence-electron chi connectivity index (χ1n) is 4.88. The molecule has 0 aromatic carbocycles. The molecule has 1 rings (SSSR count). The number of nitrogens with zero attached hydrogens (tertiary/aromatic N) is 3. The van der Waals surface area contributed by atoms with Crippen LogP contribution in [-0.4, -0.2) is 28.5 Å². The number of hydrogen-bond acceptors (Lipinski definition) is 2. The molecule has 0 N–H and O–H groups in total. The van der Waals surface area contributed by atoms with E-state index in [4.69, 9.17) is 0 Å². The van der Waals surface area contributed by atoms with Crippen LogP contribution in [0.15, 0.2) is 12.4 Å². The fraction of sp³-hybridized carbons (Fsp3) is 0.700. The van der Waals surface area contributed by atoms with E-state index in [1.807, 2.05) is 12.4 Å². The van der Waals surface area contributed by atoms with E-state index in [-0.39, 0.29) is 0 Å². The number of rotatable bonds is 5. The van der Waals surface area contributed by atoms with Gasteiger partial charge >= 0.3 is 0 Å². The highest BCUT2D eigenvalue weighted by Gasteiger charge is 2.01. The second-order valence-electron chi connectivity index (χ2n) is 3.64. The molecular formula is C10H19N3. The Labute approximate surface area is 80.4 Å². The molecule has 0 aliphatic rings. The molecule has 3 nitrogen and oxygen atoms in total. The third kappa shape index (κ3) is 3.19. The molecule has 0 unspecified atom stereocenters. The highest BCUT2D eigenvalue weighted by molar-refractivity contribution is 4.92. The standard InChI is InChI=1S/C10H19N3/c1-4-5-6-10-11-7-8-13(10)9-12(2)3/h7-8H,4-6,9H2,1-3H3. The van der Waals surface area contributed by atoms with Crippen LogP contribution in [0.2, 0.25) is 0 Å². The van der Waals surface area contributed by atoms with Gasteiger partial charge in [-0.05, 0) is 20.5 Å². The van der Waals surface area contributed by atoms with Crippen molar-refractivity contribution < 1.29 is 0 Å². The number of unbranched alkanes of at least 4 members (excludes halogenated alkanes) is 1. The molecule has 13 heavy (non-hydrogen) atoms. The molecule has 1 aromatic heterocycles. The maximum atomic E-state index is 4.34. The minimum Gasteiger partial charge on any atom is -0.321 e. The van der Waals surface area contributed by atoms with E-state index in [1.54, 1.807) is 0 Å². The van der Waals surface area contributed by atoms with Crippen molar-refractivity contribution in [3.63, 3.8) is 0 Å². The molecule has 74 valence electrons. The van der Waals surface area contributed by atoms with E-state index in [0.717, 1.165) is 13.1 Å². The summed E-state index contributed by atoms with van der Waals surface area (Å²) in [6.45, 7) is 3.14. The average Bonchev–Trinajstić information content (AvgIpc) is 2.48. The third-order valence-electron chi connectivity index (χ3n) is 1.99. The first-order chi connectivity index (χ1) is 6.24. The molecule has 1 heterocycles. The average molecular weight is 181 g/mol. The van der Waals surface area contributed by atoms with Gasteiger partial charge < -0.3 is 4.57 Å². The van der Waals surface area contributed by atoms with E-state index in [0.29, 0.717) is 0 Å². The molecule has 0 amide bonds. The molecule has 0 saturated heterocycles. The van der Waals surface area contributed by atoms with Crippen LogP contribution in [0.4, 0.5) is 0 Å². The molecule has 0 radical (unpaired) electrons. The largest absolute Gasteiger partial charge is 0.321 e. The molecular weight excluding hydrogens is 162 g/mol. The van der Waals surface area contributed by atoms with Gasteiger partial charge in [-0.15, -0.1) is 0 Å². The van der Waals surface area contributed by atoms with E-state index in [9.17, 15) is 0 Å². The van der Waals surface area contributed by atoms with Crippen molar-refractivity contribution in [3.05, 3.63) is 18.2 Å². The lowest BCUT2D eigenvalue weighted by atomic mass is 10.2. The Hall–Kier alpha value is -0.830. The monoisotopic (exact) mass is 181 g/mol. The van der Waals surface area contributed by atoms with Crippen LogP contribution < -0.4 is 0 Å². The first kappa shape index (κ1) is 10.3. The summed E-state index contributed by atoms with van der Waals surface area (Å²) >= 11 is 0. The number of hydrogen-bond donors (Lipinski definition) is 0. The van der Waals surface area contributed by atoms with Crippen molar-refractivity contribution in [1.82, 2.24) is 14.5 Å². The molecule has 0 bridgehead atoms. The Balaban J connectivity index is 2.55. The van der Waals surface area contributed by atoms with Gasteiger partial charge in [0.25, 0.3) is 0 Å². The Morgan fingerprint density at radius 1 is 1.46 bits per heavy atom. The highest BCUT2D eigenvalue weighted by atomic mass is 15.2. The van der Waals surface area contributed by atoms with Crippen LogP contribution in [0.5, 0.6) is 0 Å². The summed E-state index contributed by atoms with van der Waals surface area (Å²) in [6, 6.07) is 0. The van der Waals surface area contributed by atoms with Gasteiger partial charge in [-0.1, -0.05) is 13.3 Å². The van der Waals surface area contributed by atoms with E-state index in [2.05, 4.69) is 35.5 Å². The van der Waals surface area contributed by atoms with E-state index in [1.165, 1.54) is 18.7 Å². The zero-order valence-corrected chi connectivity index (χ0v) is 8.82. The fourth-order valence-corrected chi connectivity index (χ4v) is 1.34. The van der Waals surface area contributed by atoms with Crippen molar-refractivity contribution in [2.24, 2.45) is 0 Å². The number of imidazole rings is 1. The summed E-state index contributed by atoms with van der Waals surface area (Å²) in [6.07, 6.45) is 7.48. The predicted molar refractivity (Wildman–Crippen MR) is 54.5 cm³/mol. The molecule has 0 atom stereocenters. The topological polar surface area (TPSA) is 21.1 Å². The van der Waals surface area contributed by atoms with Gasteiger partial charge in [0.1, 0.15) is 5.82 Å². The van der Waals surface area contributed by atoms with Crippen LogP contribution in [0.1, 0.15) is 25.6 Å². The summed E-state index contributed by atoms with van der Waals surface area (Å²) in [5, 5.41) is 0. The zero-order chi connectivity index (χ0) is 9.68. The van der Waals surface area contributed by atoms with Crippen LogP contribution in [0, 0.1) is 0 Å². The van der Waals surface area contributed by atoms with Gasteiger partial charge in [0.2, 0.25) is 0 Å². The van der Waals surface area contributed by atoms with Gasteiger partial charge in [-0.2, -0.15) is 0 Å². The minimum atomic E-state index is 0.930. The molecule has 0 aliphatic heterocycles. The van der Waals surface area contributed by atoms with Gasteiger partial charge in [0.15, 0.2) is 0 Å². The lowest BCUT2D eigenvalue weighted by Gasteiger charge is -2.12. The maximum absolute atomic E-state index is 4.34. The SMILES string of the molecule is CCCCc1nccn1CN(C)C. The lowest BCUT2D eigenvalue weighted by Crippen LogP contribution is -2.18. The Bertz CT molecular complexity index is 240. The minimum absolute atomic E-state index is 0.930. The van der Waals surface area contributed by atoms with Crippen LogP contribution in [0.3, 0.4) is 0 Å². The third-order valence-corrected chi connectivity index (χ3v) is 1.99. The summed E-state index contributed by atoms with van der Waals surface area (Å²) in [4.78, 5) is 6.49. The van der Waals surface area contributed by atoms with Crippen molar-refractivity contribution >= 4 is 0 Å². The van der Waals surface area contributed by atoms with E-state index < -0.39 is 0 Å². The van der Waals surface area contributed by atoms with Gasteiger partial charge in [0.05, 0.1) is 6.67 Å². The lowest BCUT2D eigenvalue weighted by molar-refractivity contribution is 0.320. The smallest absolute Gasteiger partial charge is 0.109 e. The van der Waals surface area contributed by atoms with Crippen molar-refractivity contribution in [3.8, 4) is 0 Å².